The number of carbonyl (C=O) groups excluding carboxylic acids is 2. The van der Waals surface area contributed by atoms with Crippen molar-refractivity contribution >= 4 is 23.3 Å². The van der Waals surface area contributed by atoms with Crippen LogP contribution in [0.15, 0.2) is 72.8 Å². The van der Waals surface area contributed by atoms with Gasteiger partial charge in [0.1, 0.15) is 5.82 Å². The Morgan fingerprint density at radius 2 is 1.55 bits per heavy atom. The number of amides is 3. The van der Waals surface area contributed by atoms with Crippen molar-refractivity contribution in [2.24, 2.45) is 0 Å². The topological polar surface area (TPSA) is 61.4 Å². The molecule has 0 spiro atoms. The van der Waals surface area contributed by atoms with E-state index in [9.17, 15) is 14.0 Å². The first-order valence-corrected chi connectivity index (χ1v) is 10.2. The minimum absolute atomic E-state index is 0.208. The molecule has 0 heterocycles. The maximum Gasteiger partial charge on any atom is 0.326 e. The summed E-state index contributed by atoms with van der Waals surface area (Å²) in [6.07, 6.45) is 0.907. The van der Waals surface area contributed by atoms with Gasteiger partial charge in [0, 0.05) is 30.0 Å². The van der Waals surface area contributed by atoms with Crippen LogP contribution in [-0.4, -0.2) is 25.0 Å². The molecule has 31 heavy (non-hydrogen) atoms. The highest BCUT2D eigenvalue weighted by atomic mass is 19.1. The number of hydrogen-bond donors (Lipinski definition) is 2. The van der Waals surface area contributed by atoms with Crippen LogP contribution in [0, 0.1) is 12.7 Å². The van der Waals surface area contributed by atoms with Crippen molar-refractivity contribution < 1.29 is 14.0 Å². The van der Waals surface area contributed by atoms with Crippen LogP contribution in [0.25, 0.3) is 0 Å². The maximum absolute atomic E-state index is 13.4. The Morgan fingerprint density at radius 1 is 0.903 bits per heavy atom. The summed E-state index contributed by atoms with van der Waals surface area (Å²) in [7, 11) is 0. The maximum atomic E-state index is 13.4. The third-order valence-electron chi connectivity index (χ3n) is 4.93. The molecule has 3 aromatic carbocycles. The van der Waals surface area contributed by atoms with Gasteiger partial charge in [-0.1, -0.05) is 36.8 Å². The van der Waals surface area contributed by atoms with E-state index in [4.69, 9.17) is 0 Å². The number of rotatable bonds is 7. The first kappa shape index (κ1) is 22.0. The van der Waals surface area contributed by atoms with Gasteiger partial charge >= 0.3 is 6.03 Å². The molecule has 0 aliphatic rings. The smallest absolute Gasteiger partial charge is 0.326 e. The second kappa shape index (κ2) is 10.4. The lowest BCUT2D eigenvalue weighted by Gasteiger charge is -2.23. The van der Waals surface area contributed by atoms with E-state index in [0.717, 1.165) is 17.5 Å². The Hall–Kier alpha value is -3.67. The van der Waals surface area contributed by atoms with E-state index in [1.807, 2.05) is 43.3 Å². The molecule has 0 unspecified atom stereocenters. The fourth-order valence-corrected chi connectivity index (χ4v) is 3.07. The van der Waals surface area contributed by atoms with E-state index in [-0.39, 0.29) is 30.8 Å². The molecular formula is C25H26FN3O2. The Balaban J connectivity index is 1.67. The third-order valence-corrected chi connectivity index (χ3v) is 4.93. The average Bonchev–Trinajstić information content (AvgIpc) is 2.79. The molecular weight excluding hydrogens is 393 g/mol. The lowest BCUT2D eigenvalue weighted by Crippen LogP contribution is -2.41. The summed E-state index contributed by atoms with van der Waals surface area (Å²) < 4.78 is 13.4. The molecule has 0 radical (unpaired) electrons. The molecule has 0 aliphatic carbocycles. The van der Waals surface area contributed by atoms with Crippen LogP contribution in [0.2, 0.25) is 0 Å². The Morgan fingerprint density at radius 3 is 2.16 bits per heavy atom. The zero-order valence-electron chi connectivity index (χ0n) is 17.7. The van der Waals surface area contributed by atoms with Gasteiger partial charge in [0.25, 0.3) is 5.91 Å². The van der Waals surface area contributed by atoms with Crippen LogP contribution >= 0.6 is 0 Å². The fraction of sp³-hybridized carbons (Fsp3) is 0.200. The van der Waals surface area contributed by atoms with Crippen molar-refractivity contribution in [2.45, 2.75) is 20.3 Å². The minimum Gasteiger partial charge on any atom is -0.350 e. The van der Waals surface area contributed by atoms with Crippen LogP contribution in [0.4, 0.5) is 20.6 Å². The molecule has 3 rings (SSSR count). The Bertz CT molecular complexity index is 1020. The summed E-state index contributed by atoms with van der Waals surface area (Å²) in [5, 5.41) is 5.68. The highest BCUT2D eigenvalue weighted by Crippen LogP contribution is 2.17. The molecule has 0 saturated carbocycles. The highest BCUT2D eigenvalue weighted by molar-refractivity contribution is 6.02. The highest BCUT2D eigenvalue weighted by Gasteiger charge is 2.17. The molecule has 3 amide bonds. The van der Waals surface area contributed by atoms with Crippen molar-refractivity contribution in [2.75, 3.05) is 23.3 Å². The van der Waals surface area contributed by atoms with E-state index in [0.29, 0.717) is 16.9 Å². The number of nitrogens with zero attached hydrogens (tertiary/aromatic N) is 1. The number of anilines is 2. The Labute approximate surface area is 181 Å². The van der Waals surface area contributed by atoms with Gasteiger partial charge in [-0.3, -0.25) is 9.69 Å². The molecule has 0 aromatic heterocycles. The lowest BCUT2D eigenvalue weighted by atomic mass is 10.1. The summed E-state index contributed by atoms with van der Waals surface area (Å²) in [6, 6.07) is 20.2. The monoisotopic (exact) mass is 419 g/mol. The van der Waals surface area contributed by atoms with E-state index < -0.39 is 0 Å². The van der Waals surface area contributed by atoms with Gasteiger partial charge in [0.15, 0.2) is 0 Å². The summed E-state index contributed by atoms with van der Waals surface area (Å²) in [6.45, 7) is 4.49. The van der Waals surface area contributed by atoms with Crippen LogP contribution < -0.4 is 15.5 Å². The summed E-state index contributed by atoms with van der Waals surface area (Å²) in [5.41, 5.74) is 4.00. The van der Waals surface area contributed by atoms with Gasteiger partial charge in [-0.2, -0.15) is 0 Å². The van der Waals surface area contributed by atoms with Crippen molar-refractivity contribution in [1.82, 2.24) is 5.32 Å². The minimum atomic E-state index is -0.383. The standard InChI is InChI=1S/C25H26FN3O2/c1-3-19-6-8-20(9-7-19)24(30)27-16-17-29(23-14-10-21(26)11-15-23)25(31)28-22-12-4-18(2)5-13-22/h4-15H,3,16-17H2,1-2H3,(H,27,30)(H,28,31). The summed E-state index contributed by atoms with van der Waals surface area (Å²) >= 11 is 0. The number of nitrogens with one attached hydrogen (secondary N) is 2. The summed E-state index contributed by atoms with van der Waals surface area (Å²) in [5.74, 6) is -0.591. The quantitative estimate of drug-likeness (QED) is 0.555. The predicted octanol–water partition coefficient (Wildman–Crippen LogP) is 5.17. The van der Waals surface area contributed by atoms with E-state index in [1.54, 1.807) is 12.1 Å². The van der Waals surface area contributed by atoms with Crippen molar-refractivity contribution in [3.05, 3.63) is 95.3 Å². The third kappa shape index (κ3) is 6.15. The van der Waals surface area contributed by atoms with Gasteiger partial charge in [-0.05, 0) is 67.4 Å². The van der Waals surface area contributed by atoms with Crippen molar-refractivity contribution in [3.63, 3.8) is 0 Å². The largest absolute Gasteiger partial charge is 0.350 e. The zero-order chi connectivity index (χ0) is 22.2. The SMILES string of the molecule is CCc1ccc(C(=O)NCCN(C(=O)Nc2ccc(C)cc2)c2ccc(F)cc2)cc1. The predicted molar refractivity (Wildman–Crippen MR) is 122 cm³/mol. The molecule has 0 fully saturated rings. The molecule has 5 nitrogen and oxygen atoms in total. The van der Waals surface area contributed by atoms with Crippen LogP contribution in [0.1, 0.15) is 28.4 Å². The number of halogens is 1. The van der Waals surface area contributed by atoms with Crippen LogP contribution in [0.5, 0.6) is 0 Å². The average molecular weight is 420 g/mol. The van der Waals surface area contributed by atoms with Gasteiger partial charge in [0.2, 0.25) is 0 Å². The van der Waals surface area contributed by atoms with E-state index in [2.05, 4.69) is 17.6 Å². The fourth-order valence-electron chi connectivity index (χ4n) is 3.07. The van der Waals surface area contributed by atoms with Gasteiger partial charge < -0.3 is 10.6 Å². The number of carbonyl (C=O) groups is 2. The van der Waals surface area contributed by atoms with Gasteiger partial charge in [-0.15, -0.1) is 0 Å². The van der Waals surface area contributed by atoms with E-state index >= 15 is 0 Å². The molecule has 0 bridgehead atoms. The number of hydrogen-bond acceptors (Lipinski definition) is 2. The lowest BCUT2D eigenvalue weighted by molar-refractivity contribution is 0.0954. The number of aryl methyl sites for hydroxylation is 2. The molecule has 160 valence electrons. The van der Waals surface area contributed by atoms with E-state index in [1.165, 1.54) is 29.2 Å². The molecule has 3 aromatic rings. The first-order chi connectivity index (χ1) is 15.0. The molecule has 0 atom stereocenters. The zero-order valence-corrected chi connectivity index (χ0v) is 17.7. The van der Waals surface area contributed by atoms with Gasteiger partial charge in [-0.25, -0.2) is 9.18 Å². The summed E-state index contributed by atoms with van der Waals surface area (Å²) in [4.78, 5) is 26.8. The molecule has 2 N–H and O–H groups in total. The first-order valence-electron chi connectivity index (χ1n) is 10.2. The second-order valence-corrected chi connectivity index (χ2v) is 7.23. The number of benzene rings is 3. The van der Waals surface area contributed by atoms with Gasteiger partial charge in [0.05, 0.1) is 0 Å². The second-order valence-electron chi connectivity index (χ2n) is 7.23. The normalized spacial score (nSPS) is 10.4. The Kier molecular flexibility index (Phi) is 7.38. The van der Waals surface area contributed by atoms with Crippen LogP contribution in [0.3, 0.4) is 0 Å². The number of urea groups is 1. The molecule has 0 saturated heterocycles. The van der Waals surface area contributed by atoms with Crippen molar-refractivity contribution in [3.8, 4) is 0 Å². The van der Waals surface area contributed by atoms with Crippen molar-refractivity contribution in [1.29, 1.82) is 0 Å². The molecule has 6 heteroatoms. The molecule has 0 aliphatic heterocycles. The van der Waals surface area contributed by atoms with Crippen LogP contribution in [-0.2, 0) is 6.42 Å².